The predicted molar refractivity (Wildman–Crippen MR) is 80.3 cm³/mol. The fourth-order valence-electron chi connectivity index (χ4n) is 2.84. The van der Waals surface area contributed by atoms with Crippen molar-refractivity contribution in [2.24, 2.45) is 5.41 Å². The molecule has 1 aromatic heterocycles. The Morgan fingerprint density at radius 1 is 1.29 bits per heavy atom. The second kappa shape index (κ2) is 6.89. The van der Waals surface area contributed by atoms with Crippen LogP contribution in [0.2, 0.25) is 5.02 Å². The molecule has 1 aliphatic carbocycles. The Morgan fingerprint density at radius 3 is 2.52 bits per heavy atom. The number of nitrogens with zero attached hydrogens (tertiary/aromatic N) is 1. The van der Waals surface area contributed by atoms with E-state index in [1.807, 2.05) is 0 Å². The summed E-state index contributed by atoms with van der Waals surface area (Å²) in [5.41, 5.74) is -0.945. The number of anilines is 1. The Labute approximate surface area is 128 Å². The Morgan fingerprint density at radius 2 is 1.95 bits per heavy atom. The van der Waals surface area contributed by atoms with Crippen LogP contribution >= 0.6 is 11.6 Å². The van der Waals surface area contributed by atoms with E-state index >= 15 is 0 Å². The summed E-state index contributed by atoms with van der Waals surface area (Å²) in [6.07, 6.45) is 6.37. The lowest BCUT2D eigenvalue weighted by Gasteiger charge is -2.27. The number of nitrogens with one attached hydrogen (secondary N) is 1. The van der Waals surface area contributed by atoms with E-state index in [4.69, 9.17) is 11.6 Å². The molecule has 21 heavy (non-hydrogen) atoms. The third-order valence-electron chi connectivity index (χ3n) is 4.00. The Balaban J connectivity index is 2.06. The second-order valence-corrected chi connectivity index (χ2v) is 6.02. The third-order valence-corrected chi connectivity index (χ3v) is 4.24. The predicted octanol–water partition coefficient (Wildman–Crippen LogP) is 3.49. The molecule has 0 unspecified atom stereocenters. The first kappa shape index (κ1) is 15.8. The normalized spacial score (nSPS) is 17.8. The lowest BCUT2D eigenvalue weighted by Crippen LogP contribution is -2.35. The molecule has 0 aromatic carbocycles. The maximum absolute atomic E-state index is 12.2. The SMILES string of the molecule is O=C(CC1(C(=O)O)CCCCCC1)Nc1cc(Cl)ccn1. The molecule has 0 aliphatic heterocycles. The Hall–Kier alpha value is -1.62. The zero-order valence-electron chi connectivity index (χ0n) is 11.8. The van der Waals surface area contributed by atoms with Gasteiger partial charge in [-0.2, -0.15) is 0 Å². The van der Waals surface area contributed by atoms with Crippen LogP contribution in [0.25, 0.3) is 0 Å². The molecule has 2 N–H and O–H groups in total. The number of amides is 1. The summed E-state index contributed by atoms with van der Waals surface area (Å²) in [4.78, 5) is 27.8. The number of hydrogen-bond acceptors (Lipinski definition) is 3. The van der Waals surface area contributed by atoms with Crippen LogP contribution < -0.4 is 5.32 Å². The van der Waals surface area contributed by atoms with E-state index in [1.165, 1.54) is 6.20 Å². The van der Waals surface area contributed by atoms with E-state index in [1.54, 1.807) is 12.1 Å². The molecule has 0 radical (unpaired) electrons. The zero-order chi connectivity index (χ0) is 15.3. The summed E-state index contributed by atoms with van der Waals surface area (Å²) in [6, 6.07) is 3.15. The van der Waals surface area contributed by atoms with Gasteiger partial charge in [0.1, 0.15) is 5.82 Å². The number of halogens is 1. The largest absolute Gasteiger partial charge is 0.481 e. The minimum Gasteiger partial charge on any atom is -0.481 e. The van der Waals surface area contributed by atoms with Gasteiger partial charge in [-0.05, 0) is 25.0 Å². The average Bonchev–Trinajstić information content (AvgIpc) is 2.65. The molecule has 114 valence electrons. The van der Waals surface area contributed by atoms with Gasteiger partial charge >= 0.3 is 5.97 Å². The maximum atomic E-state index is 12.2. The lowest BCUT2D eigenvalue weighted by molar-refractivity contribution is -0.152. The number of aromatic nitrogens is 1. The van der Waals surface area contributed by atoms with Crippen molar-refractivity contribution in [2.45, 2.75) is 44.9 Å². The van der Waals surface area contributed by atoms with Crippen molar-refractivity contribution in [3.63, 3.8) is 0 Å². The van der Waals surface area contributed by atoms with Crippen molar-refractivity contribution in [2.75, 3.05) is 5.32 Å². The van der Waals surface area contributed by atoms with Gasteiger partial charge in [-0.15, -0.1) is 0 Å². The van der Waals surface area contributed by atoms with Crippen molar-refractivity contribution in [1.29, 1.82) is 0 Å². The molecular formula is C15H19ClN2O3. The monoisotopic (exact) mass is 310 g/mol. The first-order valence-electron chi connectivity index (χ1n) is 7.17. The first-order chi connectivity index (χ1) is 10.0. The molecule has 5 nitrogen and oxygen atoms in total. The number of carbonyl (C=O) groups excluding carboxylic acids is 1. The van der Waals surface area contributed by atoms with E-state index < -0.39 is 11.4 Å². The van der Waals surface area contributed by atoms with E-state index in [9.17, 15) is 14.7 Å². The number of carbonyl (C=O) groups is 2. The second-order valence-electron chi connectivity index (χ2n) is 5.58. The third kappa shape index (κ3) is 4.17. The molecule has 1 aromatic rings. The summed E-state index contributed by atoms with van der Waals surface area (Å²) < 4.78 is 0. The quantitative estimate of drug-likeness (QED) is 0.834. The Kier molecular flexibility index (Phi) is 5.17. The van der Waals surface area contributed by atoms with Gasteiger partial charge in [-0.1, -0.05) is 37.3 Å². The molecule has 2 rings (SSSR count). The van der Waals surface area contributed by atoms with Gasteiger partial charge < -0.3 is 10.4 Å². The number of hydrogen-bond donors (Lipinski definition) is 2. The van der Waals surface area contributed by atoms with Gasteiger partial charge in [0.25, 0.3) is 0 Å². The van der Waals surface area contributed by atoms with Crippen molar-refractivity contribution >= 4 is 29.3 Å². The lowest BCUT2D eigenvalue weighted by atomic mass is 9.77. The van der Waals surface area contributed by atoms with Crippen molar-refractivity contribution in [3.05, 3.63) is 23.4 Å². The molecule has 1 fully saturated rings. The van der Waals surface area contributed by atoms with Gasteiger partial charge in [-0.3, -0.25) is 9.59 Å². The van der Waals surface area contributed by atoms with E-state index in [2.05, 4.69) is 10.3 Å². The molecule has 0 saturated heterocycles. The van der Waals surface area contributed by atoms with Crippen LogP contribution in [0.1, 0.15) is 44.9 Å². The minimum atomic E-state index is -0.945. The summed E-state index contributed by atoms with van der Waals surface area (Å²) in [6.45, 7) is 0. The number of pyridine rings is 1. The summed E-state index contributed by atoms with van der Waals surface area (Å²) in [5, 5.41) is 12.7. The number of carboxylic acids is 1. The van der Waals surface area contributed by atoms with Crippen LogP contribution in [-0.4, -0.2) is 22.0 Å². The van der Waals surface area contributed by atoms with E-state index in [-0.39, 0.29) is 12.3 Å². The van der Waals surface area contributed by atoms with Crippen LogP contribution in [0, 0.1) is 5.41 Å². The van der Waals surface area contributed by atoms with Crippen LogP contribution in [0.5, 0.6) is 0 Å². The average molecular weight is 311 g/mol. The van der Waals surface area contributed by atoms with Crippen molar-refractivity contribution in [1.82, 2.24) is 4.98 Å². The highest BCUT2D eigenvalue weighted by Crippen LogP contribution is 2.38. The van der Waals surface area contributed by atoms with Crippen molar-refractivity contribution in [3.8, 4) is 0 Å². The summed E-state index contributed by atoms with van der Waals surface area (Å²) in [7, 11) is 0. The standard InChI is InChI=1S/C15H19ClN2O3/c16-11-5-8-17-12(9-11)18-13(19)10-15(14(20)21)6-3-1-2-4-7-15/h5,8-9H,1-4,6-7,10H2,(H,20,21)(H,17,18,19). The van der Waals surface area contributed by atoms with Gasteiger partial charge in [0, 0.05) is 17.6 Å². The Bertz CT molecular complexity index is 525. The molecule has 1 aliphatic rings. The van der Waals surface area contributed by atoms with Gasteiger partial charge in [0.05, 0.1) is 5.41 Å². The summed E-state index contributed by atoms with van der Waals surface area (Å²) >= 11 is 5.83. The fourth-order valence-corrected chi connectivity index (χ4v) is 3.00. The van der Waals surface area contributed by atoms with Gasteiger partial charge in [0.2, 0.25) is 5.91 Å². The van der Waals surface area contributed by atoms with Crippen molar-refractivity contribution < 1.29 is 14.7 Å². The van der Waals surface area contributed by atoms with E-state index in [0.717, 1.165) is 25.7 Å². The molecule has 0 atom stereocenters. The minimum absolute atomic E-state index is 0.0173. The molecule has 1 saturated carbocycles. The number of rotatable bonds is 4. The smallest absolute Gasteiger partial charge is 0.310 e. The van der Waals surface area contributed by atoms with E-state index in [0.29, 0.717) is 23.7 Å². The summed E-state index contributed by atoms with van der Waals surface area (Å²) in [5.74, 6) is -0.852. The maximum Gasteiger partial charge on any atom is 0.310 e. The van der Waals surface area contributed by atoms with Gasteiger partial charge in [0.15, 0.2) is 0 Å². The topological polar surface area (TPSA) is 79.3 Å². The first-order valence-corrected chi connectivity index (χ1v) is 7.54. The highest BCUT2D eigenvalue weighted by molar-refractivity contribution is 6.30. The van der Waals surface area contributed by atoms with Crippen LogP contribution in [0.15, 0.2) is 18.3 Å². The highest BCUT2D eigenvalue weighted by atomic mass is 35.5. The van der Waals surface area contributed by atoms with Crippen LogP contribution in [0.4, 0.5) is 5.82 Å². The highest BCUT2D eigenvalue weighted by Gasteiger charge is 2.40. The molecule has 1 heterocycles. The van der Waals surface area contributed by atoms with Gasteiger partial charge in [-0.25, -0.2) is 4.98 Å². The van der Waals surface area contributed by atoms with Crippen LogP contribution in [-0.2, 0) is 9.59 Å². The zero-order valence-corrected chi connectivity index (χ0v) is 12.5. The molecule has 6 heteroatoms. The molecule has 0 spiro atoms. The molecule has 0 bridgehead atoms. The number of aliphatic carboxylic acids is 1. The molecule has 1 amide bonds. The number of carboxylic acid groups (broad SMARTS) is 1. The van der Waals surface area contributed by atoms with Crippen LogP contribution in [0.3, 0.4) is 0 Å². The molecular weight excluding hydrogens is 292 g/mol. The fraction of sp³-hybridized carbons (Fsp3) is 0.533.